The summed E-state index contributed by atoms with van der Waals surface area (Å²) in [4.78, 5) is 25.9. The highest BCUT2D eigenvalue weighted by Gasteiger charge is 2.35. The second kappa shape index (κ2) is 6.59. The van der Waals surface area contributed by atoms with E-state index in [4.69, 9.17) is 11.6 Å². The van der Waals surface area contributed by atoms with E-state index in [0.29, 0.717) is 10.6 Å². The van der Waals surface area contributed by atoms with Crippen LogP contribution < -0.4 is 0 Å². The van der Waals surface area contributed by atoms with Crippen molar-refractivity contribution < 1.29 is 19.8 Å². The molecule has 3 rings (SSSR count). The van der Waals surface area contributed by atoms with Crippen LogP contribution in [0.15, 0.2) is 47.4 Å². The largest absolute Gasteiger partial charge is 0.508 e. The molecule has 5 nitrogen and oxygen atoms in total. The first-order chi connectivity index (χ1) is 11.4. The number of benzene rings is 2. The minimum atomic E-state index is -0.424. The minimum absolute atomic E-state index is 0.0829. The van der Waals surface area contributed by atoms with E-state index in [1.165, 1.54) is 24.3 Å². The molecule has 122 valence electrons. The second-order valence-electron chi connectivity index (χ2n) is 5.14. The van der Waals surface area contributed by atoms with Crippen molar-refractivity contribution >= 4 is 40.6 Å². The molecule has 0 aromatic heterocycles. The Morgan fingerprint density at radius 1 is 1.08 bits per heavy atom. The Bertz CT molecular complexity index is 848. The van der Waals surface area contributed by atoms with Crippen LogP contribution in [0.2, 0.25) is 5.02 Å². The van der Waals surface area contributed by atoms with Gasteiger partial charge in [0, 0.05) is 16.7 Å². The number of phenolic OH excluding ortho intramolecular Hbond substituents is 2. The number of hydrogen-bond donors (Lipinski definition) is 2. The minimum Gasteiger partial charge on any atom is -0.508 e. The van der Waals surface area contributed by atoms with E-state index in [2.05, 4.69) is 0 Å². The third-order valence-electron chi connectivity index (χ3n) is 3.43. The van der Waals surface area contributed by atoms with Gasteiger partial charge in [-0.25, -0.2) is 0 Å². The number of thioether (sulfide) groups is 1. The van der Waals surface area contributed by atoms with Gasteiger partial charge in [-0.2, -0.15) is 0 Å². The summed E-state index contributed by atoms with van der Waals surface area (Å²) >= 11 is 6.63. The Balaban J connectivity index is 1.83. The molecule has 0 aliphatic carbocycles. The Hall–Kier alpha value is -2.44. The van der Waals surface area contributed by atoms with Crippen molar-refractivity contribution in [2.24, 2.45) is 0 Å². The zero-order valence-electron chi connectivity index (χ0n) is 12.3. The van der Waals surface area contributed by atoms with Gasteiger partial charge in [0.25, 0.3) is 11.1 Å². The smallest absolute Gasteiger partial charge is 0.293 e. The first-order valence-electron chi connectivity index (χ1n) is 6.96. The summed E-state index contributed by atoms with van der Waals surface area (Å²) in [5.41, 5.74) is 1.14. The lowest BCUT2D eigenvalue weighted by atomic mass is 10.1. The Morgan fingerprint density at radius 2 is 1.79 bits per heavy atom. The van der Waals surface area contributed by atoms with Gasteiger partial charge in [0.05, 0.1) is 11.4 Å². The standard InChI is InChI=1S/C17H12ClNO4S/c18-12-4-1-10(2-5-12)9-19-16(22)15(24-17(19)23)7-11-3-6-13(20)8-14(11)21/h1-8,20-21H,9H2/b15-7-. The number of imide groups is 1. The predicted molar refractivity (Wildman–Crippen MR) is 92.7 cm³/mol. The van der Waals surface area contributed by atoms with Gasteiger partial charge in [0.15, 0.2) is 0 Å². The van der Waals surface area contributed by atoms with Crippen LogP contribution in [0.5, 0.6) is 11.5 Å². The number of aromatic hydroxyl groups is 2. The highest BCUT2D eigenvalue weighted by atomic mass is 35.5. The number of halogens is 1. The maximum absolute atomic E-state index is 12.4. The van der Waals surface area contributed by atoms with Crippen LogP contribution in [0.3, 0.4) is 0 Å². The van der Waals surface area contributed by atoms with Crippen molar-refractivity contribution in [1.82, 2.24) is 4.90 Å². The lowest BCUT2D eigenvalue weighted by Crippen LogP contribution is -2.27. The van der Waals surface area contributed by atoms with Gasteiger partial charge in [-0.05, 0) is 47.7 Å². The molecule has 0 unspecified atom stereocenters. The van der Waals surface area contributed by atoms with Crippen LogP contribution in [0.1, 0.15) is 11.1 Å². The second-order valence-corrected chi connectivity index (χ2v) is 6.57. The van der Waals surface area contributed by atoms with E-state index in [-0.39, 0.29) is 28.2 Å². The maximum Gasteiger partial charge on any atom is 0.293 e. The molecular formula is C17H12ClNO4S. The van der Waals surface area contributed by atoms with Gasteiger partial charge in [0.2, 0.25) is 0 Å². The number of amides is 2. The van der Waals surface area contributed by atoms with Gasteiger partial charge in [0.1, 0.15) is 11.5 Å². The van der Waals surface area contributed by atoms with E-state index in [1.54, 1.807) is 24.3 Å². The molecule has 0 saturated carbocycles. The van der Waals surface area contributed by atoms with Gasteiger partial charge < -0.3 is 10.2 Å². The average molecular weight is 362 g/mol. The number of hydrogen-bond acceptors (Lipinski definition) is 5. The molecule has 0 radical (unpaired) electrons. The molecule has 1 heterocycles. The molecular weight excluding hydrogens is 350 g/mol. The SMILES string of the molecule is O=C1S/C(=C\c2ccc(O)cc2O)C(=O)N1Cc1ccc(Cl)cc1. The summed E-state index contributed by atoms with van der Waals surface area (Å²) in [6, 6.07) is 10.9. The molecule has 7 heteroatoms. The van der Waals surface area contributed by atoms with E-state index >= 15 is 0 Å². The number of carbonyl (C=O) groups is 2. The van der Waals surface area contributed by atoms with Crippen LogP contribution in [-0.4, -0.2) is 26.3 Å². The number of phenols is 2. The summed E-state index contributed by atoms with van der Waals surface area (Å²) in [6.07, 6.45) is 1.43. The predicted octanol–water partition coefficient (Wildman–Crippen LogP) is 3.99. The first-order valence-corrected chi connectivity index (χ1v) is 8.15. The van der Waals surface area contributed by atoms with Crippen molar-refractivity contribution in [3.63, 3.8) is 0 Å². The Labute approximate surface area is 147 Å². The monoisotopic (exact) mass is 361 g/mol. The molecule has 0 spiro atoms. The van der Waals surface area contributed by atoms with E-state index in [0.717, 1.165) is 22.2 Å². The van der Waals surface area contributed by atoms with Crippen LogP contribution in [0.25, 0.3) is 6.08 Å². The van der Waals surface area contributed by atoms with E-state index in [1.807, 2.05) is 0 Å². The van der Waals surface area contributed by atoms with E-state index in [9.17, 15) is 19.8 Å². The lowest BCUT2D eigenvalue weighted by Gasteiger charge is -2.12. The Morgan fingerprint density at radius 3 is 2.46 bits per heavy atom. The third-order valence-corrected chi connectivity index (χ3v) is 4.59. The van der Waals surface area contributed by atoms with Crippen molar-refractivity contribution in [2.45, 2.75) is 6.54 Å². The van der Waals surface area contributed by atoms with Crippen LogP contribution >= 0.6 is 23.4 Å². The summed E-state index contributed by atoms with van der Waals surface area (Å²) in [7, 11) is 0. The van der Waals surface area contributed by atoms with Gasteiger partial charge >= 0.3 is 0 Å². The molecule has 0 bridgehead atoms. The van der Waals surface area contributed by atoms with Crippen LogP contribution in [0, 0.1) is 0 Å². The molecule has 2 aromatic carbocycles. The topological polar surface area (TPSA) is 77.8 Å². The molecule has 24 heavy (non-hydrogen) atoms. The maximum atomic E-state index is 12.4. The quantitative estimate of drug-likeness (QED) is 0.808. The van der Waals surface area contributed by atoms with Crippen LogP contribution in [0.4, 0.5) is 4.79 Å². The molecule has 0 atom stereocenters. The van der Waals surface area contributed by atoms with Crippen molar-refractivity contribution in [2.75, 3.05) is 0 Å². The molecule has 2 amide bonds. The highest BCUT2D eigenvalue weighted by molar-refractivity contribution is 8.18. The normalized spacial score (nSPS) is 16.2. The number of rotatable bonds is 3. The number of nitrogens with zero attached hydrogens (tertiary/aromatic N) is 1. The molecule has 1 aliphatic heterocycles. The lowest BCUT2D eigenvalue weighted by molar-refractivity contribution is -0.123. The van der Waals surface area contributed by atoms with Crippen LogP contribution in [-0.2, 0) is 11.3 Å². The van der Waals surface area contributed by atoms with Crippen molar-refractivity contribution in [3.8, 4) is 11.5 Å². The summed E-state index contributed by atoms with van der Waals surface area (Å²) in [6.45, 7) is 0.154. The summed E-state index contributed by atoms with van der Waals surface area (Å²) in [5, 5.41) is 19.3. The molecule has 1 aliphatic rings. The molecule has 2 N–H and O–H groups in total. The molecule has 1 fully saturated rings. The molecule has 1 saturated heterocycles. The Kier molecular flexibility index (Phi) is 4.51. The number of carbonyl (C=O) groups excluding carboxylic acids is 2. The average Bonchev–Trinajstić information content (AvgIpc) is 2.80. The van der Waals surface area contributed by atoms with Gasteiger partial charge in [-0.3, -0.25) is 14.5 Å². The van der Waals surface area contributed by atoms with Gasteiger partial charge in [-0.1, -0.05) is 23.7 Å². The fourth-order valence-corrected chi connectivity index (χ4v) is 3.16. The van der Waals surface area contributed by atoms with Crippen molar-refractivity contribution in [1.29, 1.82) is 0 Å². The zero-order chi connectivity index (χ0) is 17.3. The zero-order valence-corrected chi connectivity index (χ0v) is 13.8. The van der Waals surface area contributed by atoms with E-state index < -0.39 is 5.91 Å². The summed E-state index contributed by atoms with van der Waals surface area (Å²) < 4.78 is 0. The fraction of sp³-hybridized carbons (Fsp3) is 0.0588. The third kappa shape index (κ3) is 3.39. The summed E-state index contributed by atoms with van der Waals surface area (Å²) in [5.74, 6) is -0.674. The first kappa shape index (κ1) is 16.4. The highest BCUT2D eigenvalue weighted by Crippen LogP contribution is 2.35. The van der Waals surface area contributed by atoms with Gasteiger partial charge in [-0.15, -0.1) is 0 Å². The molecule has 2 aromatic rings. The van der Waals surface area contributed by atoms with Crippen molar-refractivity contribution in [3.05, 3.63) is 63.5 Å². The fourth-order valence-electron chi connectivity index (χ4n) is 2.20.